The lowest BCUT2D eigenvalue weighted by molar-refractivity contribution is 0.403. The Hall–Kier alpha value is -2.58. The maximum atomic E-state index is 12.7. The molecule has 2 aromatic heterocycles. The number of fused-ring (bicyclic) bond motifs is 1. The Morgan fingerprint density at radius 1 is 1.46 bits per heavy atom. The van der Waals surface area contributed by atoms with Gasteiger partial charge in [0.25, 0.3) is 0 Å². The highest BCUT2D eigenvalue weighted by molar-refractivity contribution is 6.30. The van der Waals surface area contributed by atoms with Crippen LogP contribution in [0.25, 0.3) is 11.2 Å². The van der Waals surface area contributed by atoms with Crippen molar-refractivity contribution < 1.29 is 4.74 Å². The van der Waals surface area contributed by atoms with Crippen LogP contribution in [0, 0.1) is 5.92 Å². The van der Waals surface area contributed by atoms with Gasteiger partial charge in [0.1, 0.15) is 11.3 Å². The van der Waals surface area contributed by atoms with Crippen LogP contribution in [0.5, 0.6) is 5.75 Å². The quantitative estimate of drug-likeness (QED) is 0.586. The molecule has 0 radical (unpaired) electrons. The van der Waals surface area contributed by atoms with Crippen molar-refractivity contribution in [1.29, 1.82) is 0 Å². The van der Waals surface area contributed by atoms with E-state index >= 15 is 0 Å². The molecule has 3 heterocycles. The van der Waals surface area contributed by atoms with Gasteiger partial charge in [0, 0.05) is 17.1 Å². The topological polar surface area (TPSA) is 96.9 Å². The predicted molar refractivity (Wildman–Crippen MR) is 109 cm³/mol. The zero-order chi connectivity index (χ0) is 19.7. The number of methoxy groups -OCH3 is 1. The third-order valence-corrected chi connectivity index (χ3v) is 5.43. The van der Waals surface area contributed by atoms with Crippen LogP contribution in [0.2, 0.25) is 5.02 Å². The highest BCUT2D eigenvalue weighted by Gasteiger charge is 2.21. The van der Waals surface area contributed by atoms with Gasteiger partial charge in [0.15, 0.2) is 5.65 Å². The molecule has 9 heteroatoms. The standard InChI is InChI=1S/C19H23ClN6O2/c1-11(14-7-13(20)3-4-16(14)28-2)26-17-15(24-19(26)27)10-23-18(25-17)22-9-12-5-6-21-8-12/h3-4,7,10-12,21H,5-6,8-9H2,1-2H3,(H,24,27)(H,22,23,25)/t11-,12+/m0/s1. The summed E-state index contributed by atoms with van der Waals surface area (Å²) >= 11 is 6.17. The second-order valence-electron chi connectivity index (χ2n) is 7.03. The Balaban J connectivity index is 1.69. The van der Waals surface area contributed by atoms with Crippen molar-refractivity contribution in [3.05, 3.63) is 45.5 Å². The first-order valence-corrected chi connectivity index (χ1v) is 9.70. The number of aromatic nitrogens is 4. The maximum Gasteiger partial charge on any atom is 0.328 e. The number of ether oxygens (including phenoxy) is 1. The molecule has 3 aromatic rings. The van der Waals surface area contributed by atoms with Crippen molar-refractivity contribution in [2.45, 2.75) is 19.4 Å². The first-order chi connectivity index (χ1) is 13.6. The summed E-state index contributed by atoms with van der Waals surface area (Å²) in [5.41, 5.74) is 1.69. The lowest BCUT2D eigenvalue weighted by atomic mass is 10.1. The van der Waals surface area contributed by atoms with Crippen LogP contribution >= 0.6 is 11.6 Å². The number of halogens is 1. The molecule has 28 heavy (non-hydrogen) atoms. The van der Waals surface area contributed by atoms with E-state index < -0.39 is 0 Å². The zero-order valence-electron chi connectivity index (χ0n) is 15.8. The SMILES string of the molecule is COc1ccc(Cl)cc1[C@H](C)n1c(=O)[nH]c2cnc(NC[C@@H]3CCNC3)nc21. The summed E-state index contributed by atoms with van der Waals surface area (Å²) in [4.78, 5) is 24.4. The third-order valence-electron chi connectivity index (χ3n) is 5.20. The normalized spacial score (nSPS) is 17.8. The van der Waals surface area contributed by atoms with Crippen LogP contribution in [0.4, 0.5) is 5.95 Å². The summed E-state index contributed by atoms with van der Waals surface area (Å²) in [6, 6.07) is 5.04. The minimum Gasteiger partial charge on any atom is -0.496 e. The van der Waals surface area contributed by atoms with Gasteiger partial charge >= 0.3 is 5.69 Å². The highest BCUT2D eigenvalue weighted by atomic mass is 35.5. The number of nitrogens with one attached hydrogen (secondary N) is 3. The second-order valence-corrected chi connectivity index (χ2v) is 7.47. The molecular formula is C19H23ClN6O2. The minimum atomic E-state index is -0.323. The summed E-state index contributed by atoms with van der Waals surface area (Å²) in [5, 5.41) is 7.21. The Bertz CT molecular complexity index is 1040. The summed E-state index contributed by atoms with van der Waals surface area (Å²) in [7, 11) is 1.60. The van der Waals surface area contributed by atoms with Gasteiger partial charge < -0.3 is 20.4 Å². The van der Waals surface area contributed by atoms with Crippen molar-refractivity contribution in [3.63, 3.8) is 0 Å². The molecular weight excluding hydrogens is 380 g/mol. The van der Waals surface area contributed by atoms with Gasteiger partial charge in [-0.25, -0.2) is 9.78 Å². The molecule has 1 aliphatic heterocycles. The molecule has 0 saturated carbocycles. The van der Waals surface area contributed by atoms with Crippen LogP contribution < -0.4 is 21.1 Å². The van der Waals surface area contributed by atoms with Gasteiger partial charge in [0.05, 0.1) is 19.3 Å². The molecule has 148 valence electrons. The van der Waals surface area contributed by atoms with Crippen molar-refractivity contribution in [1.82, 2.24) is 24.8 Å². The summed E-state index contributed by atoms with van der Waals surface area (Å²) < 4.78 is 7.06. The fourth-order valence-electron chi connectivity index (χ4n) is 3.66. The zero-order valence-corrected chi connectivity index (χ0v) is 16.6. The van der Waals surface area contributed by atoms with Gasteiger partial charge in [-0.2, -0.15) is 4.98 Å². The number of hydrogen-bond acceptors (Lipinski definition) is 6. The van der Waals surface area contributed by atoms with Crippen LogP contribution in [-0.4, -0.2) is 46.3 Å². The molecule has 1 fully saturated rings. The molecule has 1 aliphatic rings. The minimum absolute atomic E-state index is 0.254. The molecule has 0 aliphatic carbocycles. The third kappa shape index (κ3) is 3.57. The highest BCUT2D eigenvalue weighted by Crippen LogP contribution is 2.31. The van der Waals surface area contributed by atoms with E-state index in [1.54, 1.807) is 30.0 Å². The number of rotatable bonds is 6. The number of imidazole rings is 1. The van der Waals surface area contributed by atoms with E-state index in [2.05, 4.69) is 25.6 Å². The van der Waals surface area contributed by atoms with Gasteiger partial charge in [-0.05, 0) is 50.6 Å². The molecule has 1 aromatic carbocycles. The van der Waals surface area contributed by atoms with E-state index in [0.29, 0.717) is 33.8 Å². The van der Waals surface area contributed by atoms with Gasteiger partial charge in [-0.3, -0.25) is 4.57 Å². The molecule has 3 N–H and O–H groups in total. The van der Waals surface area contributed by atoms with E-state index in [1.165, 1.54) is 0 Å². The molecule has 0 bridgehead atoms. The number of nitrogens with zero attached hydrogens (tertiary/aromatic N) is 3. The molecule has 2 atom stereocenters. The Labute approximate surface area is 167 Å². The Morgan fingerprint density at radius 3 is 3.07 bits per heavy atom. The molecule has 0 unspecified atom stereocenters. The Morgan fingerprint density at radius 2 is 2.32 bits per heavy atom. The van der Waals surface area contributed by atoms with Crippen molar-refractivity contribution in [3.8, 4) is 5.75 Å². The second kappa shape index (κ2) is 7.81. The number of H-pyrrole nitrogens is 1. The fourth-order valence-corrected chi connectivity index (χ4v) is 3.84. The lowest BCUT2D eigenvalue weighted by Crippen LogP contribution is -2.22. The van der Waals surface area contributed by atoms with Crippen molar-refractivity contribution in [2.24, 2.45) is 5.92 Å². The van der Waals surface area contributed by atoms with Crippen LogP contribution in [0.1, 0.15) is 24.9 Å². The smallest absolute Gasteiger partial charge is 0.328 e. The van der Waals surface area contributed by atoms with Crippen LogP contribution in [0.3, 0.4) is 0 Å². The first-order valence-electron chi connectivity index (χ1n) is 9.32. The van der Waals surface area contributed by atoms with E-state index in [4.69, 9.17) is 16.3 Å². The van der Waals surface area contributed by atoms with Gasteiger partial charge in [-0.1, -0.05) is 11.6 Å². The number of hydrogen-bond donors (Lipinski definition) is 3. The molecule has 1 saturated heterocycles. The molecule has 8 nitrogen and oxygen atoms in total. The van der Waals surface area contributed by atoms with Crippen molar-refractivity contribution in [2.75, 3.05) is 32.1 Å². The summed E-state index contributed by atoms with van der Waals surface area (Å²) in [5.74, 6) is 1.74. The average molecular weight is 403 g/mol. The lowest BCUT2D eigenvalue weighted by Gasteiger charge is -2.17. The van der Waals surface area contributed by atoms with E-state index in [9.17, 15) is 4.79 Å². The molecule has 0 spiro atoms. The summed E-state index contributed by atoms with van der Waals surface area (Å²) in [6.07, 6.45) is 2.77. The average Bonchev–Trinajstić information content (AvgIpc) is 3.32. The number of anilines is 1. The van der Waals surface area contributed by atoms with E-state index in [-0.39, 0.29) is 11.7 Å². The predicted octanol–water partition coefficient (Wildman–Crippen LogP) is 2.41. The number of aromatic amines is 1. The van der Waals surface area contributed by atoms with Crippen LogP contribution in [0.15, 0.2) is 29.2 Å². The maximum absolute atomic E-state index is 12.7. The summed E-state index contributed by atoms with van der Waals surface area (Å²) in [6.45, 7) is 4.76. The van der Waals surface area contributed by atoms with Gasteiger partial charge in [-0.15, -0.1) is 0 Å². The fraction of sp³-hybridized carbons (Fsp3) is 0.421. The molecule has 0 amide bonds. The van der Waals surface area contributed by atoms with Crippen LogP contribution in [-0.2, 0) is 0 Å². The first kappa shape index (κ1) is 18.8. The van der Waals surface area contributed by atoms with Crippen molar-refractivity contribution >= 4 is 28.7 Å². The largest absolute Gasteiger partial charge is 0.496 e. The number of benzene rings is 1. The monoisotopic (exact) mass is 402 g/mol. The van der Waals surface area contributed by atoms with E-state index in [0.717, 1.165) is 31.6 Å². The van der Waals surface area contributed by atoms with E-state index in [1.807, 2.05) is 13.0 Å². The molecule has 4 rings (SSSR count). The Kier molecular flexibility index (Phi) is 5.23. The van der Waals surface area contributed by atoms with Gasteiger partial charge in [0.2, 0.25) is 5.95 Å².